The summed E-state index contributed by atoms with van der Waals surface area (Å²) >= 11 is 0. The number of amides is 1. The van der Waals surface area contributed by atoms with Gasteiger partial charge in [0.1, 0.15) is 5.69 Å². The summed E-state index contributed by atoms with van der Waals surface area (Å²) in [6.07, 6.45) is 4.10. The van der Waals surface area contributed by atoms with Crippen LogP contribution in [0.15, 0.2) is 95.9 Å². The van der Waals surface area contributed by atoms with Gasteiger partial charge in [-0.25, -0.2) is 0 Å². The minimum atomic E-state index is -0.149. The van der Waals surface area contributed by atoms with Gasteiger partial charge in [0.05, 0.1) is 24.0 Å². The van der Waals surface area contributed by atoms with Crippen molar-refractivity contribution in [1.29, 1.82) is 0 Å². The van der Waals surface area contributed by atoms with E-state index < -0.39 is 0 Å². The molecule has 9 nitrogen and oxygen atoms in total. The zero-order chi connectivity index (χ0) is 31.5. The second-order valence-electron chi connectivity index (χ2n) is 12.5. The summed E-state index contributed by atoms with van der Waals surface area (Å²) in [4.78, 5) is 37.5. The van der Waals surface area contributed by atoms with Crippen LogP contribution >= 0.6 is 0 Å². The Kier molecular flexibility index (Phi) is 8.57. The first kappa shape index (κ1) is 29.8. The molecule has 4 heterocycles. The van der Waals surface area contributed by atoms with Gasteiger partial charge in [-0.05, 0) is 49.1 Å². The number of rotatable bonds is 8. The number of anilines is 2. The number of fused-ring (bicyclic) bond motifs is 1. The van der Waals surface area contributed by atoms with Gasteiger partial charge in [0.2, 0.25) is 5.91 Å². The first-order valence-corrected chi connectivity index (χ1v) is 16.3. The van der Waals surface area contributed by atoms with E-state index >= 15 is 0 Å². The minimum Gasteiger partial charge on any atom is -0.376 e. The molecule has 2 aliphatic rings. The summed E-state index contributed by atoms with van der Waals surface area (Å²) in [6.45, 7) is 7.38. The topological polar surface area (TPSA) is 89.5 Å². The van der Waals surface area contributed by atoms with Gasteiger partial charge in [0.25, 0.3) is 5.56 Å². The van der Waals surface area contributed by atoms with Crippen LogP contribution in [-0.2, 0) is 17.8 Å². The molecular formula is C37H41N7O2. The summed E-state index contributed by atoms with van der Waals surface area (Å²) in [7, 11) is 0. The number of hydrogen-bond donors (Lipinski definition) is 2. The first-order valence-electron chi connectivity index (χ1n) is 16.3. The van der Waals surface area contributed by atoms with Gasteiger partial charge >= 0.3 is 0 Å². The van der Waals surface area contributed by atoms with Gasteiger partial charge in [0.15, 0.2) is 0 Å². The van der Waals surface area contributed by atoms with E-state index in [0.29, 0.717) is 38.3 Å². The number of aryl methyl sites for hydroxylation is 1. The average molecular weight is 616 g/mol. The lowest BCUT2D eigenvalue weighted by molar-refractivity contribution is -0.130. The number of carbonyl (C=O) groups excluding carboxylic acids is 1. The minimum absolute atomic E-state index is 0.130. The standard InChI is InChI=1S/C37H41N7O2/c1-27-32(31-14-8-9-15-33(31)39-27)24-35(45)43-22-20-42(21-23-43)34-25-38-44(30-12-6-3-7-13-30)37(46)36(34)40-29-16-18-41(19-17-29)26-28-10-4-2-5-11-28/h2-15,25,29,39-40H,16-24,26H2,1H3. The van der Waals surface area contributed by atoms with Crippen LogP contribution < -0.4 is 15.8 Å². The molecule has 236 valence electrons. The Morgan fingerprint density at radius 3 is 2.28 bits per heavy atom. The summed E-state index contributed by atoms with van der Waals surface area (Å²) in [6, 6.07) is 28.5. The van der Waals surface area contributed by atoms with Crippen molar-refractivity contribution in [3.63, 3.8) is 0 Å². The molecule has 7 rings (SSSR count). The van der Waals surface area contributed by atoms with Crippen molar-refractivity contribution >= 4 is 28.2 Å². The van der Waals surface area contributed by atoms with E-state index in [1.807, 2.05) is 60.5 Å². The number of nitrogens with zero attached hydrogens (tertiary/aromatic N) is 5. The van der Waals surface area contributed by atoms with Crippen LogP contribution in [0.2, 0.25) is 0 Å². The second kappa shape index (κ2) is 13.2. The van der Waals surface area contributed by atoms with Gasteiger partial charge in [-0.15, -0.1) is 0 Å². The first-order chi connectivity index (χ1) is 22.5. The third-order valence-corrected chi connectivity index (χ3v) is 9.47. The molecule has 0 radical (unpaired) electrons. The molecular weight excluding hydrogens is 574 g/mol. The molecule has 2 saturated heterocycles. The van der Waals surface area contributed by atoms with Gasteiger partial charge in [-0.2, -0.15) is 9.78 Å². The molecule has 0 bridgehead atoms. The largest absolute Gasteiger partial charge is 0.376 e. The zero-order valence-electron chi connectivity index (χ0n) is 26.4. The van der Waals surface area contributed by atoms with Crippen LogP contribution in [0.4, 0.5) is 11.4 Å². The summed E-state index contributed by atoms with van der Waals surface area (Å²) in [5.41, 5.74) is 6.49. The van der Waals surface area contributed by atoms with E-state index in [1.165, 1.54) is 10.2 Å². The second-order valence-corrected chi connectivity index (χ2v) is 12.5. The predicted octanol–water partition coefficient (Wildman–Crippen LogP) is 4.99. The number of aromatic amines is 1. The zero-order valence-corrected chi connectivity index (χ0v) is 26.4. The number of likely N-dealkylation sites (tertiary alicyclic amines) is 1. The third-order valence-electron chi connectivity index (χ3n) is 9.47. The monoisotopic (exact) mass is 615 g/mol. The van der Waals surface area contributed by atoms with Gasteiger partial charge < -0.3 is 20.1 Å². The maximum Gasteiger partial charge on any atom is 0.296 e. The molecule has 0 aliphatic carbocycles. The van der Waals surface area contributed by atoms with E-state index in [-0.39, 0.29) is 17.5 Å². The number of para-hydroxylation sites is 2. The van der Waals surface area contributed by atoms with Crippen molar-refractivity contribution in [3.8, 4) is 5.69 Å². The normalized spacial score (nSPS) is 16.2. The van der Waals surface area contributed by atoms with E-state index in [4.69, 9.17) is 0 Å². The quantitative estimate of drug-likeness (QED) is 0.256. The highest BCUT2D eigenvalue weighted by Gasteiger charge is 2.28. The molecule has 2 fully saturated rings. The molecule has 2 aliphatic heterocycles. The Morgan fingerprint density at radius 1 is 0.870 bits per heavy atom. The number of H-pyrrole nitrogens is 1. The lowest BCUT2D eigenvalue weighted by atomic mass is 10.0. The number of piperidine rings is 1. The SMILES string of the molecule is Cc1[nH]c2ccccc2c1CC(=O)N1CCN(c2cnn(-c3ccccc3)c(=O)c2NC2CCN(Cc3ccccc3)CC2)CC1. The average Bonchev–Trinajstić information content (AvgIpc) is 3.41. The number of hydrogen-bond acceptors (Lipinski definition) is 6. The summed E-state index contributed by atoms with van der Waals surface area (Å²) < 4.78 is 1.49. The number of benzene rings is 3. The van der Waals surface area contributed by atoms with Crippen LogP contribution in [0.25, 0.3) is 16.6 Å². The van der Waals surface area contributed by atoms with E-state index in [1.54, 1.807) is 0 Å². The van der Waals surface area contributed by atoms with Crippen LogP contribution in [-0.4, -0.2) is 75.8 Å². The van der Waals surface area contributed by atoms with Crippen LogP contribution in [0, 0.1) is 6.92 Å². The Hall–Kier alpha value is -4.89. The van der Waals surface area contributed by atoms with Crippen molar-refractivity contribution < 1.29 is 4.79 Å². The molecule has 0 atom stereocenters. The number of nitrogens with one attached hydrogen (secondary N) is 2. The molecule has 9 heteroatoms. The molecule has 0 saturated carbocycles. The van der Waals surface area contributed by atoms with Crippen molar-refractivity contribution in [2.24, 2.45) is 0 Å². The van der Waals surface area contributed by atoms with Crippen molar-refractivity contribution in [2.75, 3.05) is 49.5 Å². The molecule has 3 aromatic carbocycles. The summed E-state index contributed by atoms with van der Waals surface area (Å²) in [5, 5.41) is 9.39. The molecule has 1 amide bonds. The van der Waals surface area contributed by atoms with Crippen molar-refractivity contribution in [3.05, 3.63) is 118 Å². The van der Waals surface area contributed by atoms with Gasteiger partial charge in [0, 0.05) is 68.5 Å². The number of piperazine rings is 1. The fourth-order valence-corrected chi connectivity index (χ4v) is 6.88. The fourth-order valence-electron chi connectivity index (χ4n) is 6.88. The Bertz CT molecular complexity index is 1850. The molecule has 0 unspecified atom stereocenters. The highest BCUT2D eigenvalue weighted by molar-refractivity contribution is 5.90. The predicted molar refractivity (Wildman–Crippen MR) is 184 cm³/mol. The summed E-state index contributed by atoms with van der Waals surface area (Å²) in [5.74, 6) is 0.130. The molecule has 2 N–H and O–H groups in total. The molecule has 0 spiro atoms. The highest BCUT2D eigenvalue weighted by Crippen LogP contribution is 2.27. The Morgan fingerprint density at radius 2 is 1.54 bits per heavy atom. The van der Waals surface area contributed by atoms with Crippen molar-refractivity contribution in [2.45, 2.75) is 38.8 Å². The maximum atomic E-state index is 14.0. The number of aromatic nitrogens is 3. The maximum absolute atomic E-state index is 14.0. The molecule has 46 heavy (non-hydrogen) atoms. The smallest absolute Gasteiger partial charge is 0.296 e. The Labute approximate surface area is 269 Å². The number of carbonyl (C=O) groups is 1. The lowest BCUT2D eigenvalue weighted by Gasteiger charge is -2.38. The van der Waals surface area contributed by atoms with Crippen LogP contribution in [0.1, 0.15) is 29.7 Å². The van der Waals surface area contributed by atoms with E-state index in [9.17, 15) is 9.59 Å². The fraction of sp³-hybridized carbons (Fsp3) is 0.324. The van der Waals surface area contributed by atoms with Gasteiger partial charge in [-0.3, -0.25) is 14.5 Å². The van der Waals surface area contributed by atoms with Crippen LogP contribution in [0.5, 0.6) is 0 Å². The van der Waals surface area contributed by atoms with E-state index in [2.05, 4.69) is 67.7 Å². The van der Waals surface area contributed by atoms with E-state index in [0.717, 1.165) is 66.0 Å². The lowest BCUT2D eigenvalue weighted by Crippen LogP contribution is -2.50. The Balaban J connectivity index is 1.06. The molecule has 5 aromatic rings. The highest BCUT2D eigenvalue weighted by atomic mass is 16.2. The van der Waals surface area contributed by atoms with Gasteiger partial charge in [-0.1, -0.05) is 66.7 Å². The third kappa shape index (κ3) is 6.28. The van der Waals surface area contributed by atoms with Crippen molar-refractivity contribution in [1.82, 2.24) is 24.6 Å². The van der Waals surface area contributed by atoms with Crippen LogP contribution in [0.3, 0.4) is 0 Å². The molecule has 2 aromatic heterocycles.